The lowest BCUT2D eigenvalue weighted by Gasteiger charge is -2.13. The molecule has 0 fully saturated rings. The normalized spacial score (nSPS) is 10.5. The minimum atomic E-state index is -0.394. The van der Waals surface area contributed by atoms with E-state index in [4.69, 9.17) is 0 Å². The topological polar surface area (TPSA) is 54.5 Å². The summed E-state index contributed by atoms with van der Waals surface area (Å²) in [7, 11) is 3.41. The lowest BCUT2D eigenvalue weighted by atomic mass is 10.5. The van der Waals surface area contributed by atoms with Crippen molar-refractivity contribution in [3.63, 3.8) is 0 Å². The number of hydrogen-bond donors (Lipinski definition) is 1. The second-order valence-corrected chi connectivity index (χ2v) is 4.21. The fourth-order valence-electron chi connectivity index (χ4n) is 1.07. The molecule has 1 aromatic rings. The highest BCUT2D eigenvalue weighted by Gasteiger charge is 2.09. The number of aromatic nitrogens is 1. The van der Waals surface area contributed by atoms with E-state index in [0.717, 1.165) is 24.8 Å². The zero-order chi connectivity index (χ0) is 12.0. The number of thiazole rings is 1. The third kappa shape index (κ3) is 3.79. The molecule has 1 heterocycles. The number of rotatable bonds is 6. The molecule has 16 heavy (non-hydrogen) atoms. The highest BCUT2D eigenvalue weighted by molar-refractivity contribution is 7.13. The number of carbonyl (C=O) groups is 1. The van der Waals surface area contributed by atoms with Gasteiger partial charge in [0, 0.05) is 18.5 Å². The zero-order valence-corrected chi connectivity index (χ0v) is 10.6. The van der Waals surface area contributed by atoms with Crippen molar-refractivity contribution in [1.29, 1.82) is 0 Å². The molecule has 90 valence electrons. The molecule has 0 bridgehead atoms. The summed E-state index contributed by atoms with van der Waals surface area (Å²) in [5.41, 5.74) is 0.360. The maximum absolute atomic E-state index is 11.1. The second-order valence-electron chi connectivity index (χ2n) is 3.35. The minimum Gasteiger partial charge on any atom is -0.464 e. The van der Waals surface area contributed by atoms with E-state index in [1.165, 1.54) is 18.4 Å². The van der Waals surface area contributed by atoms with Crippen LogP contribution in [0.1, 0.15) is 17.4 Å². The van der Waals surface area contributed by atoms with Crippen LogP contribution in [0.4, 0.5) is 5.13 Å². The predicted octanol–water partition coefficient (Wildman–Crippen LogP) is 1.29. The van der Waals surface area contributed by atoms with E-state index in [9.17, 15) is 4.79 Å². The van der Waals surface area contributed by atoms with Gasteiger partial charge in [0.05, 0.1) is 7.11 Å². The Bertz CT molecular complexity index is 341. The molecule has 0 aliphatic heterocycles. The van der Waals surface area contributed by atoms with E-state index in [-0.39, 0.29) is 0 Å². The van der Waals surface area contributed by atoms with Crippen molar-refractivity contribution in [2.75, 3.05) is 39.1 Å². The molecule has 0 amide bonds. The molecular weight excluding hydrogens is 226 g/mol. The first-order chi connectivity index (χ1) is 7.67. The third-order valence-electron chi connectivity index (χ3n) is 2.21. The Morgan fingerprint density at radius 2 is 2.44 bits per heavy atom. The molecule has 0 aliphatic carbocycles. The molecule has 0 unspecified atom stereocenters. The van der Waals surface area contributed by atoms with Crippen LogP contribution in [0.2, 0.25) is 0 Å². The Hall–Kier alpha value is -1.14. The summed E-state index contributed by atoms with van der Waals surface area (Å²) in [5, 5.41) is 5.61. The van der Waals surface area contributed by atoms with Gasteiger partial charge in [0.1, 0.15) is 0 Å². The third-order valence-corrected chi connectivity index (χ3v) is 3.01. The molecule has 0 radical (unpaired) electrons. The number of esters is 1. The number of nitrogens with zero attached hydrogens (tertiary/aromatic N) is 2. The van der Waals surface area contributed by atoms with Gasteiger partial charge in [-0.3, -0.25) is 0 Å². The van der Waals surface area contributed by atoms with Gasteiger partial charge in [0.2, 0.25) is 0 Å². The molecule has 0 atom stereocenters. The fraction of sp³-hybridized carbons (Fsp3) is 0.600. The van der Waals surface area contributed by atoms with Crippen LogP contribution >= 0.6 is 11.3 Å². The van der Waals surface area contributed by atoms with Gasteiger partial charge in [0.15, 0.2) is 10.8 Å². The van der Waals surface area contributed by atoms with Crippen LogP contribution < -0.4 is 5.32 Å². The van der Waals surface area contributed by atoms with Crippen LogP contribution in [-0.2, 0) is 4.74 Å². The van der Waals surface area contributed by atoms with Crippen LogP contribution in [0.15, 0.2) is 5.38 Å². The van der Waals surface area contributed by atoms with Crippen LogP contribution in [0.3, 0.4) is 0 Å². The standard InChI is InChI=1S/C10H17N3O2S/c1-4-13(2)6-5-11-10-12-8(7-16-10)9(14)15-3/h7H,4-6H2,1-3H3,(H,11,12). The van der Waals surface area contributed by atoms with Crippen molar-refractivity contribution < 1.29 is 9.53 Å². The van der Waals surface area contributed by atoms with Crippen molar-refractivity contribution in [3.8, 4) is 0 Å². The van der Waals surface area contributed by atoms with Gasteiger partial charge >= 0.3 is 5.97 Å². The van der Waals surface area contributed by atoms with Gasteiger partial charge in [-0.25, -0.2) is 9.78 Å². The van der Waals surface area contributed by atoms with Crippen molar-refractivity contribution >= 4 is 22.4 Å². The van der Waals surface area contributed by atoms with Crippen molar-refractivity contribution in [2.45, 2.75) is 6.92 Å². The number of likely N-dealkylation sites (N-methyl/N-ethyl adjacent to an activating group) is 1. The molecule has 1 aromatic heterocycles. The molecule has 6 heteroatoms. The van der Waals surface area contributed by atoms with Gasteiger partial charge in [-0.1, -0.05) is 6.92 Å². The van der Waals surface area contributed by atoms with Gasteiger partial charge in [0.25, 0.3) is 0 Å². The number of nitrogens with one attached hydrogen (secondary N) is 1. The van der Waals surface area contributed by atoms with Gasteiger partial charge in [-0.05, 0) is 13.6 Å². The van der Waals surface area contributed by atoms with E-state index in [0.29, 0.717) is 5.69 Å². The molecule has 1 N–H and O–H groups in total. The van der Waals surface area contributed by atoms with Crippen LogP contribution in [-0.4, -0.2) is 49.6 Å². The fourth-order valence-corrected chi connectivity index (χ4v) is 1.77. The van der Waals surface area contributed by atoms with Gasteiger partial charge in [-0.2, -0.15) is 0 Å². The Labute approximate surface area is 99.4 Å². The Kier molecular flexibility index (Phi) is 5.21. The van der Waals surface area contributed by atoms with Crippen molar-refractivity contribution in [2.24, 2.45) is 0 Å². The van der Waals surface area contributed by atoms with Crippen molar-refractivity contribution in [1.82, 2.24) is 9.88 Å². The summed E-state index contributed by atoms with van der Waals surface area (Å²) in [5.74, 6) is -0.394. The number of carbonyl (C=O) groups excluding carboxylic acids is 1. The first-order valence-electron chi connectivity index (χ1n) is 5.13. The summed E-state index contributed by atoms with van der Waals surface area (Å²) in [4.78, 5) is 17.5. The molecule has 0 spiro atoms. The van der Waals surface area contributed by atoms with E-state index < -0.39 is 5.97 Å². The van der Waals surface area contributed by atoms with E-state index in [1.807, 2.05) is 0 Å². The smallest absolute Gasteiger partial charge is 0.357 e. The lowest BCUT2D eigenvalue weighted by molar-refractivity contribution is 0.0595. The number of ether oxygens (including phenoxy) is 1. The van der Waals surface area contributed by atoms with Gasteiger partial charge in [-0.15, -0.1) is 11.3 Å². The summed E-state index contributed by atoms with van der Waals surface area (Å²) in [6.45, 7) is 4.90. The number of anilines is 1. The average molecular weight is 243 g/mol. The Morgan fingerprint density at radius 3 is 3.06 bits per heavy atom. The monoisotopic (exact) mass is 243 g/mol. The number of hydrogen-bond acceptors (Lipinski definition) is 6. The van der Waals surface area contributed by atoms with Gasteiger partial charge < -0.3 is 15.0 Å². The Morgan fingerprint density at radius 1 is 1.69 bits per heavy atom. The molecule has 5 nitrogen and oxygen atoms in total. The molecule has 0 aliphatic rings. The minimum absolute atomic E-state index is 0.360. The summed E-state index contributed by atoms with van der Waals surface area (Å²) in [6.07, 6.45) is 0. The maximum Gasteiger partial charge on any atom is 0.357 e. The molecule has 0 aromatic carbocycles. The maximum atomic E-state index is 11.1. The van der Waals surface area contributed by atoms with E-state index in [1.54, 1.807) is 5.38 Å². The first-order valence-corrected chi connectivity index (χ1v) is 6.01. The summed E-state index contributed by atoms with van der Waals surface area (Å²) < 4.78 is 4.58. The molecule has 0 saturated carbocycles. The molecule has 1 rings (SSSR count). The SMILES string of the molecule is CCN(C)CCNc1nc(C(=O)OC)cs1. The molecular formula is C10H17N3O2S. The summed E-state index contributed by atoms with van der Waals surface area (Å²) in [6, 6.07) is 0. The van der Waals surface area contributed by atoms with Crippen LogP contribution in [0.5, 0.6) is 0 Å². The second kappa shape index (κ2) is 6.44. The zero-order valence-electron chi connectivity index (χ0n) is 9.82. The average Bonchev–Trinajstić information content (AvgIpc) is 2.76. The van der Waals surface area contributed by atoms with Crippen molar-refractivity contribution in [3.05, 3.63) is 11.1 Å². The highest BCUT2D eigenvalue weighted by Crippen LogP contribution is 2.15. The summed E-state index contributed by atoms with van der Waals surface area (Å²) >= 11 is 1.41. The molecule has 0 saturated heterocycles. The first kappa shape index (κ1) is 12.9. The van der Waals surface area contributed by atoms with E-state index in [2.05, 4.69) is 33.9 Å². The lowest BCUT2D eigenvalue weighted by Crippen LogP contribution is -2.24. The Balaban J connectivity index is 2.38. The highest BCUT2D eigenvalue weighted by atomic mass is 32.1. The largest absolute Gasteiger partial charge is 0.464 e. The van der Waals surface area contributed by atoms with Crippen LogP contribution in [0.25, 0.3) is 0 Å². The van der Waals surface area contributed by atoms with E-state index >= 15 is 0 Å². The quantitative estimate of drug-likeness (QED) is 0.763. The number of methoxy groups -OCH3 is 1. The predicted molar refractivity (Wildman–Crippen MR) is 65.1 cm³/mol. The van der Waals surface area contributed by atoms with Crippen LogP contribution in [0, 0.1) is 0 Å².